The largest absolute Gasteiger partial charge is 0.356 e. The third kappa shape index (κ3) is 8.18. The lowest BCUT2D eigenvalue weighted by Gasteiger charge is -2.26. The number of rotatable bonds is 9. The Morgan fingerprint density at radius 3 is 2.15 bits per heavy atom. The molecule has 0 aliphatic heterocycles. The van der Waals surface area contributed by atoms with Crippen LogP contribution in [0.4, 0.5) is 0 Å². The molecule has 0 fully saturated rings. The van der Waals surface area contributed by atoms with Crippen LogP contribution in [0.25, 0.3) is 0 Å². The summed E-state index contributed by atoms with van der Waals surface area (Å²) in [6, 6.07) is 0. The molecule has 0 radical (unpaired) electrons. The monoisotopic (exact) mass is 284 g/mol. The first-order valence-electron chi connectivity index (χ1n) is 7.75. The predicted molar refractivity (Wildman–Crippen MR) is 83.3 cm³/mol. The number of hydrogen-bond acceptors (Lipinski definition) is 2. The molecule has 0 aliphatic carbocycles. The maximum Gasteiger partial charge on any atom is 0.222 e. The second-order valence-electron chi connectivity index (χ2n) is 6.77. The Morgan fingerprint density at radius 2 is 1.65 bits per heavy atom. The maximum atomic E-state index is 11.8. The minimum atomic E-state index is 0.0177. The smallest absolute Gasteiger partial charge is 0.222 e. The van der Waals surface area contributed by atoms with Crippen molar-refractivity contribution in [2.45, 2.75) is 60.8 Å². The van der Waals surface area contributed by atoms with Crippen LogP contribution in [-0.4, -0.2) is 24.9 Å². The van der Waals surface area contributed by atoms with Crippen molar-refractivity contribution in [2.24, 2.45) is 17.3 Å². The van der Waals surface area contributed by atoms with Crippen LogP contribution in [0.1, 0.15) is 60.8 Å². The number of amides is 2. The molecule has 1 atom stereocenters. The van der Waals surface area contributed by atoms with Crippen molar-refractivity contribution < 1.29 is 9.59 Å². The molecule has 20 heavy (non-hydrogen) atoms. The summed E-state index contributed by atoms with van der Waals surface area (Å²) < 4.78 is 0. The average Bonchev–Trinajstić information content (AvgIpc) is 2.39. The molecular formula is C16H32N2O2. The SMILES string of the molecule is CCCNC(=O)[C@@H](C)CCC(C)(C)CNC(=O)C(C)C. The summed E-state index contributed by atoms with van der Waals surface area (Å²) in [5.41, 5.74) is 0.0177. The van der Waals surface area contributed by atoms with Gasteiger partial charge in [0.25, 0.3) is 0 Å². The Kier molecular flexibility index (Phi) is 8.51. The van der Waals surface area contributed by atoms with E-state index in [0.29, 0.717) is 6.54 Å². The van der Waals surface area contributed by atoms with E-state index in [1.807, 2.05) is 27.7 Å². The van der Waals surface area contributed by atoms with Gasteiger partial charge in [-0.25, -0.2) is 0 Å². The van der Waals surface area contributed by atoms with E-state index in [2.05, 4.69) is 24.5 Å². The summed E-state index contributed by atoms with van der Waals surface area (Å²) in [5.74, 6) is 0.270. The van der Waals surface area contributed by atoms with Crippen LogP contribution >= 0.6 is 0 Å². The molecule has 0 saturated heterocycles. The van der Waals surface area contributed by atoms with Crippen LogP contribution in [-0.2, 0) is 9.59 Å². The molecule has 4 nitrogen and oxygen atoms in total. The Balaban J connectivity index is 4.08. The van der Waals surface area contributed by atoms with E-state index in [1.165, 1.54) is 0 Å². The van der Waals surface area contributed by atoms with Gasteiger partial charge in [0.05, 0.1) is 0 Å². The van der Waals surface area contributed by atoms with E-state index in [0.717, 1.165) is 25.8 Å². The standard InChI is InChI=1S/C16H32N2O2/c1-7-10-17-15(20)13(4)8-9-16(5,6)11-18-14(19)12(2)3/h12-13H,7-11H2,1-6H3,(H,17,20)(H,18,19)/t13-/m0/s1. The van der Waals surface area contributed by atoms with Gasteiger partial charge in [-0.2, -0.15) is 0 Å². The fraction of sp³-hybridized carbons (Fsp3) is 0.875. The van der Waals surface area contributed by atoms with Gasteiger partial charge in [0.15, 0.2) is 0 Å². The lowest BCUT2D eigenvalue weighted by molar-refractivity contribution is -0.125. The predicted octanol–water partition coefficient (Wildman–Crippen LogP) is 2.73. The van der Waals surface area contributed by atoms with Gasteiger partial charge in [-0.3, -0.25) is 9.59 Å². The van der Waals surface area contributed by atoms with Crippen molar-refractivity contribution in [2.75, 3.05) is 13.1 Å². The van der Waals surface area contributed by atoms with Crippen LogP contribution in [0.2, 0.25) is 0 Å². The molecule has 2 N–H and O–H groups in total. The summed E-state index contributed by atoms with van der Waals surface area (Å²) in [6.45, 7) is 13.5. The average molecular weight is 284 g/mol. The zero-order valence-electron chi connectivity index (χ0n) is 14.0. The van der Waals surface area contributed by atoms with Gasteiger partial charge in [0.2, 0.25) is 11.8 Å². The van der Waals surface area contributed by atoms with Crippen molar-refractivity contribution in [1.29, 1.82) is 0 Å². The molecule has 0 saturated carbocycles. The third-order valence-corrected chi connectivity index (χ3v) is 3.52. The number of hydrogen-bond donors (Lipinski definition) is 2. The van der Waals surface area contributed by atoms with Crippen molar-refractivity contribution in [3.05, 3.63) is 0 Å². The van der Waals surface area contributed by atoms with Crippen LogP contribution in [0.15, 0.2) is 0 Å². The Hall–Kier alpha value is -1.06. The normalized spacial score (nSPS) is 13.2. The molecule has 0 heterocycles. The molecular weight excluding hydrogens is 252 g/mol. The molecule has 0 aromatic heterocycles. The van der Waals surface area contributed by atoms with Crippen molar-refractivity contribution in [1.82, 2.24) is 10.6 Å². The highest BCUT2D eigenvalue weighted by Crippen LogP contribution is 2.24. The maximum absolute atomic E-state index is 11.8. The van der Waals surface area contributed by atoms with Crippen LogP contribution in [0.5, 0.6) is 0 Å². The number of nitrogens with one attached hydrogen (secondary N) is 2. The molecule has 0 spiro atoms. The second-order valence-corrected chi connectivity index (χ2v) is 6.77. The summed E-state index contributed by atoms with van der Waals surface area (Å²) >= 11 is 0. The van der Waals surface area contributed by atoms with Gasteiger partial charge < -0.3 is 10.6 Å². The van der Waals surface area contributed by atoms with Crippen molar-refractivity contribution in [3.63, 3.8) is 0 Å². The molecule has 0 rings (SSSR count). The van der Waals surface area contributed by atoms with Gasteiger partial charge in [-0.05, 0) is 24.7 Å². The molecule has 0 unspecified atom stereocenters. The van der Waals surface area contributed by atoms with E-state index < -0.39 is 0 Å². The first-order chi connectivity index (χ1) is 9.19. The summed E-state index contributed by atoms with van der Waals surface area (Å²) in [6.07, 6.45) is 2.73. The zero-order chi connectivity index (χ0) is 15.8. The lowest BCUT2D eigenvalue weighted by Crippen LogP contribution is -2.37. The molecule has 0 aromatic carbocycles. The molecule has 4 heteroatoms. The van der Waals surface area contributed by atoms with E-state index >= 15 is 0 Å². The highest BCUT2D eigenvalue weighted by Gasteiger charge is 2.22. The van der Waals surface area contributed by atoms with Gasteiger partial charge >= 0.3 is 0 Å². The Labute approximate surface area is 124 Å². The number of carbonyl (C=O) groups excluding carboxylic acids is 2. The Bertz CT molecular complexity index is 312. The summed E-state index contributed by atoms with van der Waals surface area (Å²) in [5, 5.41) is 5.89. The first kappa shape index (κ1) is 18.9. The van der Waals surface area contributed by atoms with Crippen LogP contribution < -0.4 is 10.6 Å². The molecule has 0 bridgehead atoms. The van der Waals surface area contributed by atoms with Gasteiger partial charge in [-0.1, -0.05) is 41.5 Å². The van der Waals surface area contributed by atoms with Crippen molar-refractivity contribution in [3.8, 4) is 0 Å². The minimum Gasteiger partial charge on any atom is -0.356 e. The fourth-order valence-corrected chi connectivity index (χ4v) is 1.78. The molecule has 0 aromatic rings. The minimum absolute atomic E-state index is 0.0177. The van der Waals surface area contributed by atoms with Gasteiger partial charge in [0, 0.05) is 24.9 Å². The van der Waals surface area contributed by atoms with Gasteiger partial charge in [-0.15, -0.1) is 0 Å². The highest BCUT2D eigenvalue weighted by molar-refractivity contribution is 5.78. The van der Waals surface area contributed by atoms with E-state index in [1.54, 1.807) is 0 Å². The van der Waals surface area contributed by atoms with E-state index in [9.17, 15) is 9.59 Å². The second kappa shape index (κ2) is 8.98. The summed E-state index contributed by atoms with van der Waals surface area (Å²) in [7, 11) is 0. The van der Waals surface area contributed by atoms with Crippen LogP contribution in [0.3, 0.4) is 0 Å². The topological polar surface area (TPSA) is 58.2 Å². The molecule has 118 valence electrons. The molecule has 2 amide bonds. The number of carbonyl (C=O) groups is 2. The zero-order valence-corrected chi connectivity index (χ0v) is 14.0. The Morgan fingerprint density at radius 1 is 1.05 bits per heavy atom. The quantitative estimate of drug-likeness (QED) is 0.684. The van der Waals surface area contributed by atoms with Gasteiger partial charge in [0.1, 0.15) is 0 Å². The van der Waals surface area contributed by atoms with E-state index in [4.69, 9.17) is 0 Å². The summed E-state index contributed by atoms with van der Waals surface area (Å²) in [4.78, 5) is 23.4. The first-order valence-corrected chi connectivity index (χ1v) is 7.75. The third-order valence-electron chi connectivity index (χ3n) is 3.52. The van der Waals surface area contributed by atoms with Crippen molar-refractivity contribution >= 4 is 11.8 Å². The highest BCUT2D eigenvalue weighted by atomic mass is 16.2. The van der Waals surface area contributed by atoms with Crippen LogP contribution in [0, 0.1) is 17.3 Å². The molecule has 0 aliphatic rings. The van der Waals surface area contributed by atoms with E-state index in [-0.39, 0.29) is 29.1 Å². The lowest BCUT2D eigenvalue weighted by atomic mass is 9.84. The fourth-order valence-electron chi connectivity index (χ4n) is 1.78.